The van der Waals surface area contributed by atoms with Crippen LogP contribution in [0.5, 0.6) is 5.75 Å². The van der Waals surface area contributed by atoms with Crippen molar-refractivity contribution in [1.29, 1.82) is 0 Å². The van der Waals surface area contributed by atoms with Gasteiger partial charge < -0.3 is 15.4 Å². The molecule has 2 amide bonds. The number of ether oxygens (including phenoxy) is 1. The second-order valence-electron chi connectivity index (χ2n) is 4.91. The minimum absolute atomic E-state index is 0.199. The molecule has 23 heavy (non-hydrogen) atoms. The molecule has 0 fully saturated rings. The fourth-order valence-electron chi connectivity index (χ4n) is 1.96. The number of benzene rings is 2. The number of aryl methyl sites for hydroxylation is 1. The lowest BCUT2D eigenvalue weighted by Crippen LogP contribution is -2.35. The molecule has 0 saturated carbocycles. The molecule has 0 aliphatic heterocycles. The minimum atomic E-state index is -0.750. The lowest BCUT2D eigenvalue weighted by atomic mass is 10.2. The number of carbonyl (C=O) groups is 2. The summed E-state index contributed by atoms with van der Waals surface area (Å²) >= 11 is 5.99. The molecular weight excluding hydrogens is 316 g/mol. The van der Waals surface area contributed by atoms with Gasteiger partial charge in [-0.3, -0.25) is 9.59 Å². The Balaban J connectivity index is 1.95. The van der Waals surface area contributed by atoms with Crippen LogP contribution in [0.2, 0.25) is 5.02 Å². The van der Waals surface area contributed by atoms with Gasteiger partial charge in [0.2, 0.25) is 0 Å². The molecule has 2 rings (SSSR count). The van der Waals surface area contributed by atoms with Crippen molar-refractivity contribution in [3.05, 3.63) is 58.6 Å². The van der Waals surface area contributed by atoms with Gasteiger partial charge in [0, 0.05) is 22.8 Å². The molecule has 0 bridgehead atoms. The van der Waals surface area contributed by atoms with Crippen molar-refractivity contribution in [1.82, 2.24) is 5.32 Å². The third-order valence-electron chi connectivity index (χ3n) is 3.27. The molecule has 2 aromatic rings. The molecule has 0 aliphatic rings. The molecule has 0 aromatic heterocycles. The number of hydrogen-bond acceptors (Lipinski definition) is 3. The summed E-state index contributed by atoms with van der Waals surface area (Å²) in [4.78, 5) is 23.8. The van der Waals surface area contributed by atoms with Crippen LogP contribution in [0.15, 0.2) is 42.5 Å². The first-order chi connectivity index (χ1) is 11.0. The SMILES string of the molecule is COc1ccccc1CNC(=O)C(=O)Nc1ccc(C)c(Cl)c1. The van der Waals surface area contributed by atoms with Gasteiger partial charge in [-0.05, 0) is 30.7 Å². The smallest absolute Gasteiger partial charge is 0.313 e. The number of nitrogens with one attached hydrogen (secondary N) is 2. The molecule has 0 heterocycles. The zero-order valence-corrected chi connectivity index (χ0v) is 13.6. The molecule has 2 N–H and O–H groups in total. The summed E-state index contributed by atoms with van der Waals surface area (Å²) in [7, 11) is 1.55. The van der Waals surface area contributed by atoms with Gasteiger partial charge in [-0.25, -0.2) is 0 Å². The van der Waals surface area contributed by atoms with Gasteiger partial charge in [0.15, 0.2) is 0 Å². The molecule has 0 aliphatic carbocycles. The van der Waals surface area contributed by atoms with E-state index in [1.165, 1.54) is 0 Å². The maximum absolute atomic E-state index is 11.9. The molecule has 0 unspecified atom stereocenters. The van der Waals surface area contributed by atoms with Crippen LogP contribution in [-0.2, 0) is 16.1 Å². The van der Waals surface area contributed by atoms with Crippen molar-refractivity contribution in [2.45, 2.75) is 13.5 Å². The van der Waals surface area contributed by atoms with Gasteiger partial charge in [-0.2, -0.15) is 0 Å². The summed E-state index contributed by atoms with van der Waals surface area (Å²) in [6.45, 7) is 2.05. The van der Waals surface area contributed by atoms with Crippen molar-refractivity contribution < 1.29 is 14.3 Å². The average Bonchev–Trinajstić information content (AvgIpc) is 2.56. The Kier molecular flexibility index (Phi) is 5.60. The van der Waals surface area contributed by atoms with Crippen molar-refractivity contribution in [3.63, 3.8) is 0 Å². The molecule has 120 valence electrons. The Morgan fingerprint density at radius 2 is 1.87 bits per heavy atom. The van der Waals surface area contributed by atoms with Crippen LogP contribution < -0.4 is 15.4 Å². The predicted molar refractivity (Wildman–Crippen MR) is 89.7 cm³/mol. The fourth-order valence-corrected chi connectivity index (χ4v) is 2.14. The molecular formula is C17H17ClN2O3. The molecule has 0 radical (unpaired) electrons. The largest absolute Gasteiger partial charge is 0.496 e. The lowest BCUT2D eigenvalue weighted by Gasteiger charge is -2.10. The molecule has 6 heteroatoms. The van der Waals surface area contributed by atoms with Crippen LogP contribution in [0.4, 0.5) is 5.69 Å². The van der Waals surface area contributed by atoms with Gasteiger partial charge in [0.25, 0.3) is 0 Å². The van der Waals surface area contributed by atoms with E-state index in [4.69, 9.17) is 16.3 Å². The van der Waals surface area contributed by atoms with Gasteiger partial charge >= 0.3 is 11.8 Å². The van der Waals surface area contributed by atoms with Crippen molar-refractivity contribution in [2.24, 2.45) is 0 Å². The Morgan fingerprint density at radius 3 is 2.57 bits per heavy atom. The van der Waals surface area contributed by atoms with E-state index in [1.54, 1.807) is 31.4 Å². The number of carbonyl (C=O) groups excluding carboxylic acids is 2. The van der Waals surface area contributed by atoms with Gasteiger partial charge in [0.1, 0.15) is 5.75 Å². The number of halogens is 1. The molecule has 5 nitrogen and oxygen atoms in total. The standard InChI is InChI=1S/C17H17ClN2O3/c1-11-7-8-13(9-14(11)18)20-17(22)16(21)19-10-12-5-3-4-6-15(12)23-2/h3-9H,10H2,1-2H3,(H,19,21)(H,20,22). The van der Waals surface area contributed by atoms with Crippen LogP contribution in [0.3, 0.4) is 0 Å². The molecule has 0 saturated heterocycles. The Hall–Kier alpha value is -2.53. The van der Waals surface area contributed by atoms with Crippen LogP contribution in [0, 0.1) is 6.92 Å². The topological polar surface area (TPSA) is 67.4 Å². The van der Waals surface area contributed by atoms with Crippen molar-refractivity contribution >= 4 is 29.1 Å². The minimum Gasteiger partial charge on any atom is -0.496 e. The van der Waals surface area contributed by atoms with E-state index in [2.05, 4.69) is 10.6 Å². The Bertz CT molecular complexity index is 732. The quantitative estimate of drug-likeness (QED) is 0.846. The highest BCUT2D eigenvalue weighted by atomic mass is 35.5. The summed E-state index contributed by atoms with van der Waals surface area (Å²) < 4.78 is 5.19. The zero-order valence-electron chi connectivity index (χ0n) is 12.9. The van der Waals surface area contributed by atoms with Crippen LogP contribution in [0.25, 0.3) is 0 Å². The first kappa shape index (κ1) is 16.8. The fraction of sp³-hybridized carbons (Fsp3) is 0.176. The van der Waals surface area contributed by atoms with E-state index >= 15 is 0 Å². The van der Waals surface area contributed by atoms with E-state index in [1.807, 2.05) is 25.1 Å². The van der Waals surface area contributed by atoms with E-state index in [9.17, 15) is 9.59 Å². The lowest BCUT2D eigenvalue weighted by molar-refractivity contribution is -0.136. The zero-order chi connectivity index (χ0) is 16.8. The Morgan fingerprint density at radius 1 is 1.13 bits per heavy atom. The van der Waals surface area contributed by atoms with Crippen molar-refractivity contribution in [3.8, 4) is 5.75 Å². The summed E-state index contributed by atoms with van der Waals surface area (Å²) in [6, 6.07) is 12.3. The number of amides is 2. The second kappa shape index (κ2) is 7.65. The normalized spacial score (nSPS) is 10.0. The summed E-state index contributed by atoms with van der Waals surface area (Å²) in [5.41, 5.74) is 2.15. The highest BCUT2D eigenvalue weighted by Crippen LogP contribution is 2.20. The van der Waals surface area contributed by atoms with E-state index in [0.717, 1.165) is 11.1 Å². The van der Waals surface area contributed by atoms with Gasteiger partial charge in [-0.1, -0.05) is 35.9 Å². The van der Waals surface area contributed by atoms with Gasteiger partial charge in [0.05, 0.1) is 7.11 Å². The highest BCUT2D eigenvalue weighted by Gasteiger charge is 2.14. The van der Waals surface area contributed by atoms with Crippen LogP contribution in [0.1, 0.15) is 11.1 Å². The first-order valence-electron chi connectivity index (χ1n) is 6.98. The number of anilines is 1. The molecule has 0 atom stereocenters. The number of hydrogen-bond donors (Lipinski definition) is 2. The van der Waals surface area contributed by atoms with E-state index in [0.29, 0.717) is 16.5 Å². The third-order valence-corrected chi connectivity index (χ3v) is 3.68. The molecule has 0 spiro atoms. The number of rotatable bonds is 4. The monoisotopic (exact) mass is 332 g/mol. The van der Waals surface area contributed by atoms with Crippen molar-refractivity contribution in [2.75, 3.05) is 12.4 Å². The third kappa shape index (κ3) is 4.47. The van der Waals surface area contributed by atoms with Gasteiger partial charge in [-0.15, -0.1) is 0 Å². The van der Waals surface area contributed by atoms with E-state index in [-0.39, 0.29) is 6.54 Å². The number of para-hydroxylation sites is 1. The number of methoxy groups -OCH3 is 1. The highest BCUT2D eigenvalue weighted by molar-refractivity contribution is 6.39. The summed E-state index contributed by atoms with van der Waals surface area (Å²) in [5.74, 6) is -0.828. The van der Waals surface area contributed by atoms with Crippen LogP contribution in [-0.4, -0.2) is 18.9 Å². The van der Waals surface area contributed by atoms with Crippen LogP contribution >= 0.6 is 11.6 Å². The Labute approximate surface area is 139 Å². The molecule has 2 aromatic carbocycles. The predicted octanol–water partition coefficient (Wildman–Crippen LogP) is 2.91. The second-order valence-corrected chi connectivity index (χ2v) is 5.32. The summed E-state index contributed by atoms with van der Waals surface area (Å²) in [6.07, 6.45) is 0. The van der Waals surface area contributed by atoms with E-state index < -0.39 is 11.8 Å². The summed E-state index contributed by atoms with van der Waals surface area (Å²) in [5, 5.41) is 5.59. The maximum atomic E-state index is 11.9. The average molecular weight is 333 g/mol. The first-order valence-corrected chi connectivity index (χ1v) is 7.36. The maximum Gasteiger partial charge on any atom is 0.313 e.